The Hall–Kier alpha value is -3.31. The van der Waals surface area contributed by atoms with Gasteiger partial charge in [0.25, 0.3) is 5.91 Å². The summed E-state index contributed by atoms with van der Waals surface area (Å²) in [5.41, 5.74) is 2.18. The fraction of sp³-hybridized carbons (Fsp3) is 0.167. The van der Waals surface area contributed by atoms with Crippen molar-refractivity contribution in [2.45, 2.75) is 13.0 Å². The van der Waals surface area contributed by atoms with Crippen LogP contribution in [0, 0.1) is 0 Å². The highest BCUT2D eigenvalue weighted by Crippen LogP contribution is 2.24. The van der Waals surface area contributed by atoms with Crippen LogP contribution in [-0.2, 0) is 4.79 Å². The Morgan fingerprint density at radius 2 is 1.53 bits per heavy atom. The summed E-state index contributed by atoms with van der Waals surface area (Å²) >= 11 is 6.04. The van der Waals surface area contributed by atoms with Crippen LogP contribution in [0.1, 0.15) is 34.5 Å². The zero-order valence-corrected chi connectivity index (χ0v) is 17.4. The summed E-state index contributed by atoms with van der Waals surface area (Å²) in [5, 5.41) is 5.95. The number of hydrogen-bond donors (Lipinski definition) is 2. The van der Waals surface area contributed by atoms with Gasteiger partial charge in [-0.3, -0.25) is 9.59 Å². The zero-order valence-electron chi connectivity index (χ0n) is 16.6. The average molecular weight is 423 g/mol. The van der Waals surface area contributed by atoms with E-state index in [1.165, 1.54) is 0 Å². The molecule has 6 heteroatoms. The van der Waals surface area contributed by atoms with E-state index < -0.39 is 5.91 Å². The van der Waals surface area contributed by atoms with Crippen LogP contribution in [0.2, 0.25) is 5.02 Å². The molecule has 0 saturated carbocycles. The van der Waals surface area contributed by atoms with E-state index in [9.17, 15) is 9.59 Å². The lowest BCUT2D eigenvalue weighted by atomic mass is 9.98. The Morgan fingerprint density at radius 1 is 0.900 bits per heavy atom. The number of rotatable bonds is 8. The van der Waals surface area contributed by atoms with E-state index in [2.05, 4.69) is 10.6 Å². The molecule has 0 heterocycles. The molecule has 0 aliphatic carbocycles. The minimum atomic E-state index is -0.395. The van der Waals surface area contributed by atoms with Crippen LogP contribution in [0.5, 0.6) is 5.75 Å². The maximum Gasteiger partial charge on any atom is 0.253 e. The van der Waals surface area contributed by atoms with E-state index in [0.717, 1.165) is 16.9 Å². The third-order valence-electron chi connectivity index (χ3n) is 4.49. The van der Waals surface area contributed by atoms with Gasteiger partial charge in [-0.05, 0) is 42.3 Å². The van der Waals surface area contributed by atoms with Crippen LogP contribution in [0.4, 0.5) is 0 Å². The average Bonchev–Trinajstić information content (AvgIpc) is 2.77. The number of amides is 2. The molecule has 3 rings (SSSR count). The van der Waals surface area contributed by atoms with Crippen LogP contribution in [0.25, 0.3) is 0 Å². The van der Waals surface area contributed by atoms with Gasteiger partial charge in [-0.2, -0.15) is 0 Å². The molecular weight excluding hydrogens is 400 g/mol. The van der Waals surface area contributed by atoms with E-state index in [0.29, 0.717) is 17.2 Å². The monoisotopic (exact) mass is 422 g/mol. The second-order valence-corrected chi connectivity index (χ2v) is 6.98. The third kappa shape index (κ3) is 5.61. The van der Waals surface area contributed by atoms with Crippen molar-refractivity contribution in [3.05, 3.63) is 101 Å². The van der Waals surface area contributed by atoms with Gasteiger partial charge in [0.15, 0.2) is 0 Å². The standard InChI is InChI=1S/C24H23ClN2O3/c1-2-30-19-14-12-18(13-15-19)23(17-8-4-3-5-9-17)27-22(28)16-26-24(29)20-10-6-7-11-21(20)25/h3-15,23H,2,16H2,1H3,(H,26,29)(H,27,28). The number of nitrogens with one attached hydrogen (secondary N) is 2. The van der Waals surface area contributed by atoms with E-state index in [1.807, 2.05) is 61.5 Å². The number of ether oxygens (including phenoxy) is 1. The highest BCUT2D eigenvalue weighted by atomic mass is 35.5. The maximum absolute atomic E-state index is 12.6. The van der Waals surface area contributed by atoms with Crippen molar-refractivity contribution in [3.63, 3.8) is 0 Å². The molecule has 0 aliphatic rings. The van der Waals surface area contributed by atoms with Crippen LogP contribution in [0.3, 0.4) is 0 Å². The zero-order chi connectivity index (χ0) is 21.3. The molecule has 0 aliphatic heterocycles. The Labute approximate surface area is 181 Å². The maximum atomic E-state index is 12.6. The summed E-state index contributed by atoms with van der Waals surface area (Å²) in [7, 11) is 0. The number of hydrogen-bond acceptors (Lipinski definition) is 3. The highest BCUT2D eigenvalue weighted by molar-refractivity contribution is 6.33. The van der Waals surface area contributed by atoms with Gasteiger partial charge in [-0.1, -0.05) is 66.2 Å². The van der Waals surface area contributed by atoms with Crippen molar-refractivity contribution in [2.75, 3.05) is 13.2 Å². The molecule has 3 aromatic rings. The molecule has 5 nitrogen and oxygen atoms in total. The lowest BCUT2D eigenvalue weighted by Gasteiger charge is -2.20. The van der Waals surface area contributed by atoms with Crippen molar-refractivity contribution in [1.82, 2.24) is 10.6 Å². The summed E-state index contributed by atoms with van der Waals surface area (Å²) in [6.07, 6.45) is 0. The van der Waals surface area contributed by atoms with Crippen molar-refractivity contribution in [2.24, 2.45) is 0 Å². The molecule has 0 radical (unpaired) electrons. The molecule has 0 aromatic heterocycles. The molecule has 3 aromatic carbocycles. The van der Waals surface area contributed by atoms with Crippen molar-refractivity contribution >= 4 is 23.4 Å². The Kier molecular flexibility index (Phi) is 7.46. The van der Waals surface area contributed by atoms with E-state index in [1.54, 1.807) is 24.3 Å². The van der Waals surface area contributed by atoms with E-state index in [4.69, 9.17) is 16.3 Å². The number of carbonyl (C=O) groups excluding carboxylic acids is 2. The molecule has 0 fully saturated rings. The van der Waals surface area contributed by atoms with E-state index in [-0.39, 0.29) is 18.5 Å². The van der Waals surface area contributed by atoms with Crippen LogP contribution in [0.15, 0.2) is 78.9 Å². The first kappa shape index (κ1) is 21.4. The predicted octanol–water partition coefficient (Wildman–Crippen LogP) is 4.37. The Balaban J connectivity index is 1.70. The van der Waals surface area contributed by atoms with E-state index >= 15 is 0 Å². The van der Waals surface area contributed by atoms with Gasteiger partial charge in [-0.15, -0.1) is 0 Å². The van der Waals surface area contributed by atoms with Crippen LogP contribution >= 0.6 is 11.6 Å². The Morgan fingerprint density at radius 3 is 2.20 bits per heavy atom. The lowest BCUT2D eigenvalue weighted by molar-refractivity contribution is -0.120. The first-order valence-electron chi connectivity index (χ1n) is 9.68. The van der Waals surface area contributed by atoms with Crippen molar-refractivity contribution < 1.29 is 14.3 Å². The summed E-state index contributed by atoms with van der Waals surface area (Å²) in [6.45, 7) is 2.35. The first-order chi connectivity index (χ1) is 14.6. The number of halogens is 1. The smallest absolute Gasteiger partial charge is 0.253 e. The summed E-state index contributed by atoms with van der Waals surface area (Å²) in [4.78, 5) is 24.9. The second-order valence-electron chi connectivity index (χ2n) is 6.58. The van der Waals surface area contributed by atoms with Gasteiger partial charge >= 0.3 is 0 Å². The lowest BCUT2D eigenvalue weighted by Crippen LogP contribution is -2.39. The summed E-state index contributed by atoms with van der Waals surface area (Å²) in [6, 6.07) is 23.6. The summed E-state index contributed by atoms with van der Waals surface area (Å²) < 4.78 is 5.50. The fourth-order valence-corrected chi connectivity index (χ4v) is 3.26. The molecule has 1 atom stereocenters. The molecule has 30 heavy (non-hydrogen) atoms. The highest BCUT2D eigenvalue weighted by Gasteiger charge is 2.18. The molecule has 2 amide bonds. The predicted molar refractivity (Wildman–Crippen MR) is 118 cm³/mol. The van der Waals surface area contributed by atoms with Gasteiger partial charge in [-0.25, -0.2) is 0 Å². The minimum Gasteiger partial charge on any atom is -0.494 e. The molecule has 0 bridgehead atoms. The normalized spacial score (nSPS) is 11.4. The molecular formula is C24H23ClN2O3. The summed E-state index contributed by atoms with van der Waals surface area (Å²) in [5.74, 6) is 0.0672. The molecule has 1 unspecified atom stereocenters. The van der Waals surface area contributed by atoms with Gasteiger partial charge in [0.2, 0.25) is 5.91 Å². The number of carbonyl (C=O) groups is 2. The van der Waals surface area contributed by atoms with Crippen molar-refractivity contribution in [1.29, 1.82) is 0 Å². The SMILES string of the molecule is CCOc1ccc(C(NC(=O)CNC(=O)c2ccccc2Cl)c2ccccc2)cc1. The largest absolute Gasteiger partial charge is 0.494 e. The van der Waals surface area contributed by atoms with Gasteiger partial charge in [0.1, 0.15) is 5.75 Å². The van der Waals surface area contributed by atoms with Gasteiger partial charge in [0.05, 0.1) is 29.8 Å². The number of benzene rings is 3. The molecule has 0 saturated heterocycles. The fourth-order valence-electron chi connectivity index (χ4n) is 3.04. The molecule has 154 valence electrons. The van der Waals surface area contributed by atoms with Crippen LogP contribution < -0.4 is 15.4 Å². The molecule has 0 spiro atoms. The van der Waals surface area contributed by atoms with Crippen LogP contribution in [-0.4, -0.2) is 25.0 Å². The molecule has 2 N–H and O–H groups in total. The van der Waals surface area contributed by atoms with Gasteiger partial charge < -0.3 is 15.4 Å². The van der Waals surface area contributed by atoms with Crippen molar-refractivity contribution in [3.8, 4) is 5.75 Å². The quantitative estimate of drug-likeness (QED) is 0.566. The second kappa shape index (κ2) is 10.5. The topological polar surface area (TPSA) is 67.4 Å². The third-order valence-corrected chi connectivity index (χ3v) is 4.82. The van der Waals surface area contributed by atoms with Gasteiger partial charge in [0, 0.05) is 0 Å². The minimum absolute atomic E-state index is 0.162. The first-order valence-corrected chi connectivity index (χ1v) is 10.1. The Bertz CT molecular complexity index is 991.